The molecule has 2 aromatic carbocycles. The number of urea groups is 1. The van der Waals surface area contributed by atoms with Gasteiger partial charge in [0.1, 0.15) is 17.0 Å². The van der Waals surface area contributed by atoms with Crippen LogP contribution in [0.5, 0.6) is 11.5 Å². The van der Waals surface area contributed by atoms with Crippen molar-refractivity contribution in [3.8, 4) is 11.5 Å². The van der Waals surface area contributed by atoms with Crippen molar-refractivity contribution in [1.82, 2.24) is 10.2 Å². The molecule has 0 saturated heterocycles. The summed E-state index contributed by atoms with van der Waals surface area (Å²) in [5.74, 6) is 0.557. The van der Waals surface area contributed by atoms with E-state index in [2.05, 4.69) is 5.32 Å². The first-order valence-electron chi connectivity index (χ1n) is 12.7. The van der Waals surface area contributed by atoms with E-state index in [0.717, 1.165) is 30.4 Å². The monoisotopic (exact) mass is 530 g/mol. The molecule has 2 aliphatic rings. The van der Waals surface area contributed by atoms with Crippen molar-refractivity contribution >= 4 is 23.6 Å². The Bertz CT molecular complexity index is 1120. The second-order valence-corrected chi connectivity index (χ2v) is 10.2. The summed E-state index contributed by atoms with van der Waals surface area (Å²) in [5, 5.41) is 13.0. The molecule has 8 nitrogen and oxygen atoms in total. The lowest BCUT2D eigenvalue weighted by molar-refractivity contribution is -0.148. The lowest BCUT2D eigenvalue weighted by atomic mass is 9.77. The molecule has 0 radical (unpaired) electrons. The maximum absolute atomic E-state index is 13.5. The zero-order valence-corrected chi connectivity index (χ0v) is 22.3. The van der Waals surface area contributed by atoms with Crippen LogP contribution in [0.25, 0.3) is 0 Å². The number of carboxylic acids is 1. The van der Waals surface area contributed by atoms with E-state index in [-0.39, 0.29) is 13.2 Å². The van der Waals surface area contributed by atoms with Gasteiger partial charge in [-0.25, -0.2) is 9.59 Å². The number of benzene rings is 2. The van der Waals surface area contributed by atoms with E-state index >= 15 is 0 Å². The molecule has 0 aromatic heterocycles. The summed E-state index contributed by atoms with van der Waals surface area (Å²) >= 11 is 6.86. The smallest absolute Gasteiger partial charge is 0.329 e. The van der Waals surface area contributed by atoms with E-state index in [1.54, 1.807) is 19.1 Å². The number of hydrogen-bond acceptors (Lipinski definition) is 5. The van der Waals surface area contributed by atoms with Crippen molar-refractivity contribution < 1.29 is 28.9 Å². The van der Waals surface area contributed by atoms with E-state index in [4.69, 9.17) is 25.8 Å². The minimum Gasteiger partial charge on any atom is -0.496 e. The highest BCUT2D eigenvalue weighted by atomic mass is 35.5. The van der Waals surface area contributed by atoms with Crippen LogP contribution in [0.4, 0.5) is 4.79 Å². The fraction of sp³-hybridized carbons (Fsp3) is 0.500. The standard InChI is InChI=1S/C28H35ClN2O6/c1-18(21-16-22(35-2)23(20-10-11-20)25(36-3)24(21)29)31(14-15-37-17-19-8-5-4-6-9-19)27(34)30-28(26(32)33)12-7-13-28/h4-6,8-9,16,18,20H,7,10-15,17H2,1-3H3,(H,30,34)(H,32,33). The summed E-state index contributed by atoms with van der Waals surface area (Å²) in [6.45, 7) is 2.77. The molecule has 0 heterocycles. The van der Waals surface area contributed by atoms with Gasteiger partial charge < -0.3 is 29.5 Å². The molecule has 2 amide bonds. The van der Waals surface area contributed by atoms with Gasteiger partial charge in [-0.05, 0) is 56.6 Å². The number of carbonyl (C=O) groups is 2. The van der Waals surface area contributed by atoms with Crippen molar-refractivity contribution in [3.63, 3.8) is 0 Å². The zero-order valence-electron chi connectivity index (χ0n) is 21.6. The minimum atomic E-state index is -1.24. The molecule has 0 bridgehead atoms. The Morgan fingerprint density at radius 3 is 2.43 bits per heavy atom. The number of nitrogens with one attached hydrogen (secondary N) is 1. The van der Waals surface area contributed by atoms with Crippen molar-refractivity contribution in [2.75, 3.05) is 27.4 Å². The zero-order chi connectivity index (χ0) is 26.6. The number of amides is 2. The van der Waals surface area contributed by atoms with E-state index in [9.17, 15) is 14.7 Å². The van der Waals surface area contributed by atoms with E-state index < -0.39 is 23.6 Å². The number of ether oxygens (including phenoxy) is 3. The fourth-order valence-electron chi connectivity index (χ4n) is 4.84. The summed E-state index contributed by atoms with van der Waals surface area (Å²) in [6.07, 6.45) is 3.65. The molecule has 2 saturated carbocycles. The third-order valence-electron chi connectivity index (χ3n) is 7.39. The molecule has 0 aliphatic heterocycles. The number of carboxylic acid groups (broad SMARTS) is 1. The Kier molecular flexibility index (Phi) is 8.49. The molecule has 2 N–H and O–H groups in total. The first-order chi connectivity index (χ1) is 17.8. The van der Waals surface area contributed by atoms with Crippen LogP contribution in [0.3, 0.4) is 0 Å². The highest BCUT2D eigenvalue weighted by Crippen LogP contribution is 2.53. The number of hydrogen-bond donors (Lipinski definition) is 2. The lowest BCUT2D eigenvalue weighted by Gasteiger charge is -2.41. The highest BCUT2D eigenvalue weighted by Gasteiger charge is 2.47. The van der Waals surface area contributed by atoms with Gasteiger partial charge in [0.05, 0.1) is 38.5 Å². The van der Waals surface area contributed by atoms with Crippen molar-refractivity contribution in [3.05, 3.63) is 58.1 Å². The average molecular weight is 531 g/mol. The molecule has 9 heteroatoms. The van der Waals surface area contributed by atoms with Gasteiger partial charge in [-0.2, -0.15) is 0 Å². The van der Waals surface area contributed by atoms with Crippen LogP contribution in [0.15, 0.2) is 36.4 Å². The molecule has 2 fully saturated rings. The van der Waals surface area contributed by atoms with E-state index in [0.29, 0.717) is 47.5 Å². The van der Waals surface area contributed by atoms with Crippen LogP contribution < -0.4 is 14.8 Å². The third-order valence-corrected chi connectivity index (χ3v) is 7.78. The topological polar surface area (TPSA) is 97.3 Å². The average Bonchev–Trinajstić information content (AvgIpc) is 3.71. The van der Waals surface area contributed by atoms with E-state index in [1.807, 2.05) is 43.3 Å². The van der Waals surface area contributed by atoms with Crippen LogP contribution in [-0.4, -0.2) is 54.9 Å². The number of aliphatic carboxylic acids is 1. The molecule has 0 spiro atoms. The van der Waals surface area contributed by atoms with Crippen LogP contribution in [0.1, 0.15) is 67.7 Å². The SMILES string of the molecule is COc1cc(C(C)N(CCOCc2ccccc2)C(=O)NC2(C(=O)O)CCC2)c(Cl)c(OC)c1C1CC1. The Hall–Kier alpha value is -2.97. The fourth-order valence-corrected chi connectivity index (χ4v) is 5.23. The number of methoxy groups -OCH3 is 2. The maximum Gasteiger partial charge on any atom is 0.329 e. The molecule has 2 aliphatic carbocycles. The summed E-state index contributed by atoms with van der Waals surface area (Å²) in [4.78, 5) is 27.0. The van der Waals surface area contributed by atoms with E-state index in [1.165, 1.54) is 0 Å². The highest BCUT2D eigenvalue weighted by molar-refractivity contribution is 6.33. The van der Waals surface area contributed by atoms with Crippen molar-refractivity contribution in [2.24, 2.45) is 0 Å². The summed E-state index contributed by atoms with van der Waals surface area (Å²) in [5.41, 5.74) is 1.40. The quantitative estimate of drug-likeness (QED) is 0.350. The third kappa shape index (κ3) is 5.80. The lowest BCUT2D eigenvalue weighted by Crippen LogP contribution is -2.62. The van der Waals surface area contributed by atoms with Crippen LogP contribution in [-0.2, 0) is 16.1 Å². The Morgan fingerprint density at radius 2 is 1.89 bits per heavy atom. The van der Waals surface area contributed by atoms with Crippen LogP contribution >= 0.6 is 11.6 Å². The summed E-state index contributed by atoms with van der Waals surface area (Å²) < 4.78 is 17.3. The van der Waals surface area contributed by atoms with Gasteiger partial charge in [-0.3, -0.25) is 0 Å². The molecular formula is C28H35ClN2O6. The van der Waals surface area contributed by atoms with Crippen molar-refractivity contribution in [1.29, 1.82) is 0 Å². The van der Waals surface area contributed by atoms with Gasteiger partial charge >= 0.3 is 12.0 Å². The molecule has 4 rings (SSSR count). The van der Waals surface area contributed by atoms with Gasteiger partial charge in [-0.15, -0.1) is 0 Å². The number of halogens is 1. The summed E-state index contributed by atoms with van der Waals surface area (Å²) in [7, 11) is 3.19. The molecule has 1 unspecified atom stereocenters. The molecule has 1 atom stereocenters. The van der Waals surface area contributed by atoms with Gasteiger partial charge in [-0.1, -0.05) is 41.9 Å². The first-order valence-corrected chi connectivity index (χ1v) is 13.1. The van der Waals surface area contributed by atoms with Crippen molar-refractivity contribution in [2.45, 2.75) is 63.1 Å². The van der Waals surface area contributed by atoms with Crippen LogP contribution in [0, 0.1) is 0 Å². The van der Waals surface area contributed by atoms with Crippen LogP contribution in [0.2, 0.25) is 5.02 Å². The second-order valence-electron chi connectivity index (χ2n) is 9.78. The Labute approximate surface area is 222 Å². The predicted octanol–water partition coefficient (Wildman–Crippen LogP) is 5.53. The van der Waals surface area contributed by atoms with Gasteiger partial charge in [0.25, 0.3) is 0 Å². The number of nitrogens with zero attached hydrogens (tertiary/aromatic N) is 1. The molecule has 37 heavy (non-hydrogen) atoms. The molecule has 2 aromatic rings. The van der Waals surface area contributed by atoms with Gasteiger partial charge in [0.15, 0.2) is 0 Å². The minimum absolute atomic E-state index is 0.237. The molecule has 200 valence electrons. The molecular weight excluding hydrogens is 496 g/mol. The first kappa shape index (κ1) is 27.1. The normalized spacial score (nSPS) is 16.9. The predicted molar refractivity (Wildman–Crippen MR) is 140 cm³/mol. The second kappa shape index (κ2) is 11.6. The van der Waals surface area contributed by atoms with Gasteiger partial charge in [0.2, 0.25) is 0 Å². The summed E-state index contributed by atoms with van der Waals surface area (Å²) in [6, 6.07) is 10.7. The Morgan fingerprint density at radius 1 is 1.19 bits per heavy atom. The van der Waals surface area contributed by atoms with Gasteiger partial charge in [0, 0.05) is 17.7 Å². The number of rotatable bonds is 12. The maximum atomic E-state index is 13.5. The Balaban J connectivity index is 1.59. The number of carbonyl (C=O) groups excluding carboxylic acids is 1. The largest absolute Gasteiger partial charge is 0.496 e.